The van der Waals surface area contributed by atoms with Gasteiger partial charge in [0, 0.05) is 11.8 Å². The third-order valence-electron chi connectivity index (χ3n) is 2.31. The number of hydrogen-bond acceptors (Lipinski definition) is 3. The van der Waals surface area contributed by atoms with Gasteiger partial charge in [-0.25, -0.2) is 4.79 Å². The van der Waals surface area contributed by atoms with E-state index in [1.54, 1.807) is 6.07 Å². The first-order valence-electron chi connectivity index (χ1n) is 5.01. The number of esters is 1. The second-order valence-electron chi connectivity index (χ2n) is 3.41. The lowest BCUT2D eigenvalue weighted by Gasteiger charge is -2.05. The van der Waals surface area contributed by atoms with Crippen LogP contribution in [0.2, 0.25) is 5.02 Å². The maximum atomic E-state index is 11.3. The Hall–Kier alpha value is -1.87. The molecule has 2 aromatic rings. The first-order chi connectivity index (χ1) is 8.22. The van der Waals surface area contributed by atoms with Gasteiger partial charge in [-0.15, -0.1) is 0 Å². The number of ether oxygens (including phenoxy) is 1. The molecule has 0 aliphatic carbocycles. The number of carbonyl (C=O) groups excluding carboxylic acids is 1. The molecule has 4 heteroatoms. The average Bonchev–Trinajstić information content (AvgIpc) is 2.38. The molecule has 1 aromatic heterocycles. The molecule has 0 unspecified atom stereocenters. The number of methoxy groups -OCH3 is 1. The van der Waals surface area contributed by atoms with Crippen molar-refractivity contribution in [1.29, 1.82) is 0 Å². The standard InChI is InChI=1S/C13H10ClNO2/c1-17-13(16)10-7-11(14)12(15-8-10)9-5-3-2-4-6-9/h2-8H,1H3. The summed E-state index contributed by atoms with van der Waals surface area (Å²) >= 11 is 6.09. The van der Waals surface area contributed by atoms with Crippen LogP contribution in [0.15, 0.2) is 42.6 Å². The molecule has 0 saturated heterocycles. The molecule has 0 N–H and O–H groups in total. The van der Waals surface area contributed by atoms with Gasteiger partial charge in [-0.05, 0) is 6.07 Å². The third-order valence-corrected chi connectivity index (χ3v) is 2.60. The Balaban J connectivity index is 2.42. The molecule has 0 atom stereocenters. The van der Waals surface area contributed by atoms with Gasteiger partial charge in [-0.1, -0.05) is 41.9 Å². The lowest BCUT2D eigenvalue weighted by Crippen LogP contribution is -2.02. The van der Waals surface area contributed by atoms with Crippen LogP contribution in [-0.2, 0) is 4.74 Å². The zero-order valence-electron chi connectivity index (χ0n) is 9.18. The summed E-state index contributed by atoms with van der Waals surface area (Å²) in [6.07, 6.45) is 1.46. The highest BCUT2D eigenvalue weighted by Crippen LogP contribution is 2.26. The highest BCUT2D eigenvalue weighted by molar-refractivity contribution is 6.33. The fraction of sp³-hybridized carbons (Fsp3) is 0.0769. The number of rotatable bonds is 2. The molecule has 3 nitrogen and oxygen atoms in total. The van der Waals surface area contributed by atoms with Crippen molar-refractivity contribution in [2.24, 2.45) is 0 Å². The Kier molecular flexibility index (Phi) is 3.40. The molecule has 1 aromatic carbocycles. The molecule has 0 spiro atoms. The van der Waals surface area contributed by atoms with E-state index in [0.717, 1.165) is 5.56 Å². The fourth-order valence-corrected chi connectivity index (χ4v) is 1.75. The lowest BCUT2D eigenvalue weighted by atomic mass is 10.1. The Morgan fingerprint density at radius 2 is 2.00 bits per heavy atom. The van der Waals surface area contributed by atoms with Gasteiger partial charge in [0.05, 0.1) is 23.4 Å². The maximum absolute atomic E-state index is 11.3. The van der Waals surface area contributed by atoms with Crippen LogP contribution in [-0.4, -0.2) is 18.1 Å². The van der Waals surface area contributed by atoms with Crippen molar-refractivity contribution in [2.75, 3.05) is 7.11 Å². The van der Waals surface area contributed by atoms with Gasteiger partial charge in [0.15, 0.2) is 0 Å². The average molecular weight is 248 g/mol. The van der Waals surface area contributed by atoms with Crippen LogP contribution >= 0.6 is 11.6 Å². The number of halogens is 1. The van der Waals surface area contributed by atoms with Gasteiger partial charge in [-0.2, -0.15) is 0 Å². The number of aromatic nitrogens is 1. The predicted octanol–water partition coefficient (Wildman–Crippen LogP) is 3.19. The van der Waals surface area contributed by atoms with E-state index in [1.165, 1.54) is 13.3 Å². The van der Waals surface area contributed by atoms with Gasteiger partial charge in [0.2, 0.25) is 0 Å². The summed E-state index contributed by atoms with van der Waals surface area (Å²) in [6, 6.07) is 11.1. The number of carbonyl (C=O) groups is 1. The van der Waals surface area contributed by atoms with Crippen LogP contribution < -0.4 is 0 Å². The van der Waals surface area contributed by atoms with Crippen molar-refractivity contribution in [2.45, 2.75) is 0 Å². The molecule has 0 saturated carbocycles. The second kappa shape index (κ2) is 4.97. The summed E-state index contributed by atoms with van der Waals surface area (Å²) in [7, 11) is 1.32. The van der Waals surface area contributed by atoms with E-state index < -0.39 is 5.97 Å². The molecule has 0 amide bonds. The summed E-state index contributed by atoms with van der Waals surface area (Å²) in [4.78, 5) is 15.5. The van der Waals surface area contributed by atoms with E-state index in [9.17, 15) is 4.79 Å². The van der Waals surface area contributed by atoms with Crippen molar-refractivity contribution in [1.82, 2.24) is 4.98 Å². The Morgan fingerprint density at radius 1 is 1.29 bits per heavy atom. The molecular formula is C13H10ClNO2. The minimum atomic E-state index is -0.445. The second-order valence-corrected chi connectivity index (χ2v) is 3.82. The minimum absolute atomic E-state index is 0.345. The largest absolute Gasteiger partial charge is 0.465 e. The van der Waals surface area contributed by atoms with E-state index in [-0.39, 0.29) is 0 Å². The van der Waals surface area contributed by atoms with Crippen LogP contribution in [0.3, 0.4) is 0 Å². The first-order valence-corrected chi connectivity index (χ1v) is 5.39. The number of pyridine rings is 1. The SMILES string of the molecule is COC(=O)c1cnc(-c2ccccc2)c(Cl)c1. The van der Waals surface area contributed by atoms with Crippen LogP contribution in [0.25, 0.3) is 11.3 Å². The summed E-state index contributed by atoms with van der Waals surface area (Å²) in [5, 5.41) is 0.430. The Morgan fingerprint density at radius 3 is 2.59 bits per heavy atom. The highest BCUT2D eigenvalue weighted by Gasteiger charge is 2.10. The highest BCUT2D eigenvalue weighted by atomic mass is 35.5. The molecule has 1 heterocycles. The van der Waals surface area contributed by atoms with Gasteiger partial charge in [-0.3, -0.25) is 4.98 Å². The minimum Gasteiger partial charge on any atom is -0.465 e. The number of hydrogen-bond donors (Lipinski definition) is 0. The quantitative estimate of drug-likeness (QED) is 0.765. The van der Waals surface area contributed by atoms with Gasteiger partial charge in [0.25, 0.3) is 0 Å². The van der Waals surface area contributed by atoms with E-state index in [1.807, 2.05) is 30.3 Å². The van der Waals surface area contributed by atoms with Crippen LogP contribution in [0, 0.1) is 0 Å². The monoisotopic (exact) mass is 247 g/mol. The number of nitrogens with zero attached hydrogens (tertiary/aromatic N) is 1. The van der Waals surface area contributed by atoms with Gasteiger partial charge in [0.1, 0.15) is 0 Å². The Labute approximate surface area is 104 Å². The predicted molar refractivity (Wildman–Crippen MR) is 66.0 cm³/mol. The lowest BCUT2D eigenvalue weighted by molar-refractivity contribution is 0.0600. The molecule has 2 rings (SSSR count). The zero-order chi connectivity index (χ0) is 12.3. The fourth-order valence-electron chi connectivity index (χ4n) is 1.48. The van der Waals surface area contributed by atoms with E-state index in [2.05, 4.69) is 9.72 Å². The van der Waals surface area contributed by atoms with Crippen LogP contribution in [0.4, 0.5) is 0 Å². The third kappa shape index (κ3) is 2.45. The van der Waals surface area contributed by atoms with Crippen LogP contribution in [0.5, 0.6) is 0 Å². The van der Waals surface area contributed by atoms with E-state index in [0.29, 0.717) is 16.3 Å². The smallest absolute Gasteiger partial charge is 0.339 e. The van der Waals surface area contributed by atoms with Crippen molar-refractivity contribution >= 4 is 17.6 Å². The van der Waals surface area contributed by atoms with Crippen molar-refractivity contribution < 1.29 is 9.53 Å². The van der Waals surface area contributed by atoms with Gasteiger partial charge < -0.3 is 4.74 Å². The zero-order valence-corrected chi connectivity index (χ0v) is 9.94. The maximum Gasteiger partial charge on any atom is 0.339 e. The molecule has 86 valence electrons. The summed E-state index contributed by atoms with van der Waals surface area (Å²) in [5.74, 6) is -0.445. The van der Waals surface area contributed by atoms with Gasteiger partial charge >= 0.3 is 5.97 Å². The van der Waals surface area contributed by atoms with Crippen LogP contribution in [0.1, 0.15) is 10.4 Å². The molecule has 17 heavy (non-hydrogen) atoms. The molecule has 0 bridgehead atoms. The molecule has 0 aliphatic rings. The number of benzene rings is 1. The van der Waals surface area contributed by atoms with E-state index >= 15 is 0 Å². The molecular weight excluding hydrogens is 238 g/mol. The normalized spacial score (nSPS) is 10.0. The van der Waals surface area contributed by atoms with E-state index in [4.69, 9.17) is 11.6 Å². The summed E-state index contributed by atoms with van der Waals surface area (Å²) < 4.78 is 4.60. The van der Waals surface area contributed by atoms with Crippen molar-refractivity contribution in [3.63, 3.8) is 0 Å². The van der Waals surface area contributed by atoms with Crippen molar-refractivity contribution in [3.8, 4) is 11.3 Å². The van der Waals surface area contributed by atoms with Crippen molar-refractivity contribution in [3.05, 3.63) is 53.2 Å². The summed E-state index contributed by atoms with van der Waals surface area (Å²) in [5.41, 5.74) is 1.91. The molecule has 0 aliphatic heterocycles. The molecule has 0 radical (unpaired) electrons. The summed E-state index contributed by atoms with van der Waals surface area (Å²) in [6.45, 7) is 0. The Bertz CT molecular complexity index is 540. The topological polar surface area (TPSA) is 39.2 Å². The molecule has 0 fully saturated rings. The first kappa shape index (κ1) is 11.6.